The zero-order valence-corrected chi connectivity index (χ0v) is 18.8. The summed E-state index contributed by atoms with van der Waals surface area (Å²) in [5.41, 5.74) is -0.299. The highest BCUT2D eigenvalue weighted by Crippen LogP contribution is 2.34. The minimum Gasteiger partial charge on any atom is -0.457 e. The average Bonchev–Trinajstić information content (AvgIpc) is 2.86. The normalized spacial score (nSPS) is 11.2. The van der Waals surface area contributed by atoms with Crippen LogP contribution < -0.4 is 10.3 Å². The highest BCUT2D eigenvalue weighted by molar-refractivity contribution is 5.64. The third-order valence-electron chi connectivity index (χ3n) is 5.53. The smallest absolute Gasteiger partial charge is 0.302 e. The van der Waals surface area contributed by atoms with Crippen molar-refractivity contribution in [2.45, 2.75) is 19.4 Å². The number of hydrogen-bond donors (Lipinski definition) is 0. The predicted octanol–water partition coefficient (Wildman–Crippen LogP) is 6.60. The van der Waals surface area contributed by atoms with Crippen molar-refractivity contribution in [2.24, 2.45) is 0 Å². The Morgan fingerprint density at radius 1 is 0.943 bits per heavy atom. The molecule has 0 atom stereocenters. The molecular formula is C28H21F3N2O2. The number of hydrogen-bond acceptors (Lipinski definition) is 3. The first-order chi connectivity index (χ1) is 16.8. The van der Waals surface area contributed by atoms with Crippen LogP contribution in [0.25, 0.3) is 11.3 Å². The summed E-state index contributed by atoms with van der Waals surface area (Å²) in [5, 5.41) is 9.50. The largest absolute Gasteiger partial charge is 0.457 e. The number of pyridine rings is 1. The molecular weight excluding hydrogens is 453 g/mol. The van der Waals surface area contributed by atoms with Crippen molar-refractivity contribution in [3.05, 3.63) is 118 Å². The van der Waals surface area contributed by atoms with Gasteiger partial charge in [-0.25, -0.2) is 4.39 Å². The third kappa shape index (κ3) is 5.12. The summed E-state index contributed by atoms with van der Waals surface area (Å²) in [4.78, 5) is 13.2. The van der Waals surface area contributed by atoms with Gasteiger partial charge in [0, 0.05) is 5.56 Å². The molecule has 0 aliphatic carbocycles. The zero-order valence-electron chi connectivity index (χ0n) is 18.8. The molecule has 0 fully saturated rings. The summed E-state index contributed by atoms with van der Waals surface area (Å²) in [6, 6.07) is 25.6. The Morgan fingerprint density at radius 3 is 2.26 bits per heavy atom. The lowest BCUT2D eigenvalue weighted by Gasteiger charge is -2.20. The Morgan fingerprint density at radius 2 is 1.63 bits per heavy atom. The topological polar surface area (TPSA) is 55.0 Å². The third-order valence-corrected chi connectivity index (χ3v) is 5.53. The minimum absolute atomic E-state index is 0.0499. The Hall–Kier alpha value is -4.31. The number of nitrogens with zero attached hydrogens (tertiary/aromatic N) is 2. The van der Waals surface area contributed by atoms with Gasteiger partial charge in [0.25, 0.3) is 5.56 Å². The van der Waals surface area contributed by atoms with E-state index in [0.29, 0.717) is 17.1 Å². The van der Waals surface area contributed by atoms with Gasteiger partial charge in [0.2, 0.25) is 0 Å². The zero-order chi connectivity index (χ0) is 25.0. The van der Waals surface area contributed by atoms with Gasteiger partial charge < -0.3 is 9.30 Å². The van der Waals surface area contributed by atoms with Crippen molar-refractivity contribution in [1.82, 2.24) is 4.57 Å². The molecule has 176 valence electrons. The van der Waals surface area contributed by atoms with Gasteiger partial charge in [0.1, 0.15) is 23.1 Å². The first-order valence-corrected chi connectivity index (χ1v) is 10.8. The molecule has 0 unspecified atom stereocenters. The highest BCUT2D eigenvalue weighted by atomic mass is 19.3. The van der Waals surface area contributed by atoms with Gasteiger partial charge in [-0.1, -0.05) is 48.0 Å². The maximum Gasteiger partial charge on any atom is 0.302 e. The van der Waals surface area contributed by atoms with Crippen molar-refractivity contribution >= 4 is 0 Å². The summed E-state index contributed by atoms with van der Waals surface area (Å²) in [6.45, 7) is -0.0785. The number of aromatic nitrogens is 1. The number of aryl methyl sites for hydroxylation is 1. The van der Waals surface area contributed by atoms with Crippen LogP contribution in [0, 0.1) is 18.3 Å². The van der Waals surface area contributed by atoms with E-state index in [1.54, 1.807) is 48.5 Å². The lowest BCUT2D eigenvalue weighted by molar-refractivity contribution is -0.0285. The number of para-hydroxylation sites is 1. The van der Waals surface area contributed by atoms with E-state index in [1.165, 1.54) is 4.57 Å². The molecule has 0 radical (unpaired) electrons. The van der Waals surface area contributed by atoms with Gasteiger partial charge in [-0.2, -0.15) is 14.0 Å². The molecule has 0 amide bonds. The first kappa shape index (κ1) is 23.8. The fourth-order valence-corrected chi connectivity index (χ4v) is 3.82. The van der Waals surface area contributed by atoms with E-state index in [9.17, 15) is 23.2 Å². The van der Waals surface area contributed by atoms with E-state index in [-0.39, 0.29) is 12.2 Å². The molecule has 4 rings (SSSR count). The van der Waals surface area contributed by atoms with Crippen molar-refractivity contribution in [1.29, 1.82) is 5.26 Å². The number of alkyl halides is 3. The summed E-state index contributed by atoms with van der Waals surface area (Å²) in [7, 11) is 0. The summed E-state index contributed by atoms with van der Waals surface area (Å²) in [6.07, 6.45) is 0. The van der Waals surface area contributed by atoms with E-state index in [1.807, 2.05) is 43.3 Å². The van der Waals surface area contributed by atoms with Crippen LogP contribution in [0.5, 0.6) is 11.5 Å². The molecule has 0 saturated carbocycles. The van der Waals surface area contributed by atoms with Crippen molar-refractivity contribution in [3.63, 3.8) is 0 Å². The summed E-state index contributed by atoms with van der Waals surface area (Å²) in [5.74, 6) is -2.84. The number of halogens is 3. The number of ether oxygens (including phenoxy) is 1. The van der Waals surface area contributed by atoms with E-state index >= 15 is 0 Å². The van der Waals surface area contributed by atoms with E-state index in [4.69, 9.17) is 4.74 Å². The van der Waals surface area contributed by atoms with Gasteiger partial charge >= 0.3 is 5.92 Å². The highest BCUT2D eigenvalue weighted by Gasteiger charge is 2.37. The minimum atomic E-state index is -3.97. The first-order valence-electron chi connectivity index (χ1n) is 10.8. The van der Waals surface area contributed by atoms with Gasteiger partial charge in [-0.15, -0.1) is 0 Å². The van der Waals surface area contributed by atoms with Crippen LogP contribution in [0.15, 0.2) is 89.7 Å². The molecule has 1 heterocycles. The lowest BCUT2D eigenvalue weighted by Crippen LogP contribution is -2.30. The second-order valence-electron chi connectivity index (χ2n) is 8.09. The van der Waals surface area contributed by atoms with Crippen LogP contribution in [-0.4, -0.2) is 11.2 Å². The number of nitriles is 1. The molecule has 35 heavy (non-hydrogen) atoms. The Balaban J connectivity index is 1.85. The maximum absolute atomic E-state index is 14.4. The molecule has 0 N–H and O–H groups in total. The van der Waals surface area contributed by atoms with Crippen molar-refractivity contribution in [2.75, 3.05) is 6.67 Å². The van der Waals surface area contributed by atoms with E-state index < -0.39 is 29.3 Å². The lowest BCUT2D eigenvalue weighted by atomic mass is 9.99. The number of benzene rings is 3. The van der Waals surface area contributed by atoms with Gasteiger partial charge in [-0.3, -0.25) is 4.79 Å². The van der Waals surface area contributed by atoms with Crippen LogP contribution >= 0.6 is 0 Å². The molecule has 0 spiro atoms. The van der Waals surface area contributed by atoms with Crippen LogP contribution in [0.2, 0.25) is 0 Å². The fourth-order valence-electron chi connectivity index (χ4n) is 3.82. The van der Waals surface area contributed by atoms with Crippen LogP contribution in [0.3, 0.4) is 0 Å². The molecule has 0 saturated heterocycles. The number of rotatable bonds is 7. The molecule has 0 aliphatic rings. The molecule has 0 aliphatic heterocycles. The van der Waals surface area contributed by atoms with Crippen LogP contribution in [0.4, 0.5) is 13.2 Å². The monoisotopic (exact) mass is 474 g/mol. The van der Waals surface area contributed by atoms with Crippen molar-refractivity contribution in [3.8, 4) is 28.8 Å². The molecule has 1 aromatic heterocycles. The Labute approximate surface area is 200 Å². The van der Waals surface area contributed by atoms with Gasteiger partial charge in [0.05, 0.1) is 12.2 Å². The Bertz CT molecular complexity index is 1440. The average molecular weight is 474 g/mol. The van der Waals surface area contributed by atoms with E-state index in [0.717, 1.165) is 17.2 Å². The van der Waals surface area contributed by atoms with Gasteiger partial charge in [-0.05, 0) is 60.5 Å². The second-order valence-corrected chi connectivity index (χ2v) is 8.09. The van der Waals surface area contributed by atoms with Crippen LogP contribution in [0.1, 0.15) is 22.3 Å². The van der Waals surface area contributed by atoms with Crippen molar-refractivity contribution < 1.29 is 17.9 Å². The summed E-state index contributed by atoms with van der Waals surface area (Å²) >= 11 is 0. The summed E-state index contributed by atoms with van der Waals surface area (Å²) < 4.78 is 49.1. The molecule has 7 heteroatoms. The van der Waals surface area contributed by atoms with Gasteiger partial charge in [0.15, 0.2) is 6.67 Å². The molecule has 0 bridgehead atoms. The molecule has 4 aromatic rings. The van der Waals surface area contributed by atoms with Crippen LogP contribution in [-0.2, 0) is 12.5 Å². The second kappa shape index (κ2) is 9.90. The van der Waals surface area contributed by atoms with E-state index in [2.05, 4.69) is 0 Å². The standard InChI is InChI=1S/C28H21F3N2O2/c1-19-6-5-7-20(14-19)17-33-26(15-25(28(30,31)18-29)24(16-32)27(33)34)21-10-12-23(13-11-21)35-22-8-3-2-4-9-22/h2-15H,17-18H2,1H3. The SMILES string of the molecule is Cc1cccc(Cn2c(-c3ccc(Oc4ccccc4)cc3)cc(C(F)(F)CF)c(C#N)c2=O)c1. The predicted molar refractivity (Wildman–Crippen MR) is 128 cm³/mol. The molecule has 4 nitrogen and oxygen atoms in total. The maximum atomic E-state index is 14.4. The fraction of sp³-hybridized carbons (Fsp3) is 0.143. The quantitative estimate of drug-likeness (QED) is 0.303. The Kier molecular flexibility index (Phi) is 6.74. The molecule has 3 aromatic carbocycles.